The normalized spacial score (nSPS) is 14.8. The third-order valence-electron chi connectivity index (χ3n) is 3.83. The van der Waals surface area contributed by atoms with Crippen LogP contribution in [0.15, 0.2) is 18.2 Å². The van der Waals surface area contributed by atoms with Gasteiger partial charge < -0.3 is 9.47 Å². The molecule has 3 rings (SSSR count). The number of imidazole rings is 1. The van der Waals surface area contributed by atoms with Crippen LogP contribution in [0.25, 0.3) is 0 Å². The summed E-state index contributed by atoms with van der Waals surface area (Å²) >= 11 is 0. The molecule has 5 heteroatoms. The molecule has 0 saturated heterocycles. The summed E-state index contributed by atoms with van der Waals surface area (Å²) in [6.07, 6.45) is 0.920. The van der Waals surface area contributed by atoms with Crippen LogP contribution in [-0.4, -0.2) is 21.1 Å². The van der Waals surface area contributed by atoms with E-state index in [2.05, 4.69) is 35.3 Å². The number of anilines is 1. The first kappa shape index (κ1) is 13.1. The van der Waals surface area contributed by atoms with Crippen molar-refractivity contribution in [3.05, 3.63) is 41.4 Å². The lowest BCUT2D eigenvalue weighted by Gasteiger charge is -2.27. The van der Waals surface area contributed by atoms with E-state index >= 15 is 0 Å². The zero-order valence-electron chi connectivity index (χ0n) is 12.1. The molecule has 0 bridgehead atoms. The fraction of sp³-hybridized carbons (Fsp3) is 0.467. The first-order valence-corrected chi connectivity index (χ1v) is 6.98. The first-order chi connectivity index (χ1) is 9.56. The molecule has 2 aromatic heterocycles. The van der Waals surface area contributed by atoms with Gasteiger partial charge in [0.25, 0.3) is 0 Å². The van der Waals surface area contributed by atoms with Gasteiger partial charge in [0, 0.05) is 31.6 Å². The number of hydrogen-bond donors (Lipinski definition) is 0. The summed E-state index contributed by atoms with van der Waals surface area (Å²) in [5.41, 5.74) is 2.38. The summed E-state index contributed by atoms with van der Waals surface area (Å²) in [6, 6.07) is 4.92. The van der Waals surface area contributed by atoms with Crippen molar-refractivity contribution in [3.8, 4) is 0 Å². The minimum absolute atomic E-state index is 0.409. The molecule has 0 aromatic carbocycles. The number of fused-ring (bicyclic) bond motifs is 1. The highest BCUT2D eigenvalue weighted by Crippen LogP contribution is 2.25. The Morgan fingerprint density at radius 3 is 2.75 bits per heavy atom. The lowest BCUT2D eigenvalue weighted by Crippen LogP contribution is -2.31. The number of nitrogens with zero attached hydrogens (tertiary/aromatic N) is 4. The molecule has 0 aliphatic carbocycles. The molecule has 0 saturated carbocycles. The largest absolute Gasteiger partial charge is 0.350 e. The van der Waals surface area contributed by atoms with Gasteiger partial charge in [0.15, 0.2) is 0 Å². The van der Waals surface area contributed by atoms with Crippen LogP contribution in [0.4, 0.5) is 10.2 Å². The smallest absolute Gasteiger partial charge is 0.214 e. The second-order valence-corrected chi connectivity index (χ2v) is 5.57. The number of rotatable bonds is 2. The molecule has 0 N–H and O–H groups in total. The molecule has 2 aromatic rings. The van der Waals surface area contributed by atoms with Gasteiger partial charge in [0.05, 0.1) is 12.2 Å². The Hall–Kier alpha value is -1.91. The summed E-state index contributed by atoms with van der Waals surface area (Å²) in [7, 11) is 2.08. The van der Waals surface area contributed by atoms with Crippen LogP contribution in [0.3, 0.4) is 0 Å². The Kier molecular flexibility index (Phi) is 3.20. The summed E-state index contributed by atoms with van der Waals surface area (Å²) < 4.78 is 15.4. The summed E-state index contributed by atoms with van der Waals surface area (Å²) in [5, 5.41) is 0. The van der Waals surface area contributed by atoms with Crippen molar-refractivity contribution >= 4 is 5.82 Å². The Labute approximate surface area is 118 Å². The maximum atomic E-state index is 13.2. The lowest BCUT2D eigenvalue weighted by atomic mass is 10.1. The maximum Gasteiger partial charge on any atom is 0.214 e. The average molecular weight is 274 g/mol. The Morgan fingerprint density at radius 1 is 1.25 bits per heavy atom. The molecule has 1 aliphatic rings. The van der Waals surface area contributed by atoms with Gasteiger partial charge in [0.1, 0.15) is 11.6 Å². The molecule has 106 valence electrons. The van der Waals surface area contributed by atoms with E-state index in [-0.39, 0.29) is 0 Å². The van der Waals surface area contributed by atoms with Gasteiger partial charge in [0.2, 0.25) is 5.95 Å². The van der Waals surface area contributed by atoms with Crippen molar-refractivity contribution in [3.63, 3.8) is 0 Å². The predicted octanol–water partition coefficient (Wildman–Crippen LogP) is 2.64. The van der Waals surface area contributed by atoms with Gasteiger partial charge in [-0.1, -0.05) is 19.9 Å². The number of hydrogen-bond acceptors (Lipinski definition) is 3. The van der Waals surface area contributed by atoms with Crippen LogP contribution in [-0.2, 0) is 20.0 Å². The molecule has 20 heavy (non-hydrogen) atoms. The van der Waals surface area contributed by atoms with Crippen molar-refractivity contribution in [2.75, 3.05) is 11.4 Å². The van der Waals surface area contributed by atoms with Crippen molar-refractivity contribution < 1.29 is 4.39 Å². The highest BCUT2D eigenvalue weighted by molar-refractivity contribution is 5.41. The molecule has 0 radical (unpaired) electrons. The summed E-state index contributed by atoms with van der Waals surface area (Å²) in [5.74, 6) is 1.78. The van der Waals surface area contributed by atoms with E-state index in [1.54, 1.807) is 6.07 Å². The van der Waals surface area contributed by atoms with Crippen molar-refractivity contribution in [2.45, 2.75) is 32.7 Å². The second-order valence-electron chi connectivity index (χ2n) is 5.57. The molecule has 0 spiro atoms. The number of halogens is 1. The van der Waals surface area contributed by atoms with E-state index in [1.807, 2.05) is 6.07 Å². The molecular weight excluding hydrogens is 255 g/mol. The van der Waals surface area contributed by atoms with Crippen LogP contribution in [0.2, 0.25) is 0 Å². The van der Waals surface area contributed by atoms with Gasteiger partial charge in [-0.25, -0.2) is 9.97 Å². The highest BCUT2D eigenvalue weighted by atomic mass is 19.1. The van der Waals surface area contributed by atoms with Gasteiger partial charge >= 0.3 is 0 Å². The zero-order chi connectivity index (χ0) is 14.3. The van der Waals surface area contributed by atoms with Crippen LogP contribution in [0.5, 0.6) is 0 Å². The molecule has 4 nitrogen and oxygen atoms in total. The topological polar surface area (TPSA) is 34.0 Å². The molecule has 3 heterocycles. The second kappa shape index (κ2) is 4.89. The van der Waals surface area contributed by atoms with E-state index in [9.17, 15) is 4.39 Å². The van der Waals surface area contributed by atoms with Crippen LogP contribution in [0.1, 0.15) is 37.0 Å². The van der Waals surface area contributed by atoms with Crippen LogP contribution >= 0.6 is 0 Å². The van der Waals surface area contributed by atoms with Gasteiger partial charge in [-0.05, 0) is 12.1 Å². The molecular formula is C15H19FN4. The van der Waals surface area contributed by atoms with E-state index in [0.717, 1.165) is 24.5 Å². The van der Waals surface area contributed by atoms with E-state index in [1.165, 1.54) is 11.8 Å². The Morgan fingerprint density at radius 2 is 2.05 bits per heavy atom. The number of pyridine rings is 1. The fourth-order valence-electron chi connectivity index (χ4n) is 2.83. The van der Waals surface area contributed by atoms with Crippen LogP contribution in [0, 0.1) is 5.95 Å². The van der Waals surface area contributed by atoms with Crippen molar-refractivity contribution in [1.82, 2.24) is 14.5 Å². The molecule has 0 atom stereocenters. The van der Waals surface area contributed by atoms with Gasteiger partial charge in [-0.2, -0.15) is 4.39 Å². The van der Waals surface area contributed by atoms with E-state index < -0.39 is 5.95 Å². The first-order valence-electron chi connectivity index (χ1n) is 6.98. The van der Waals surface area contributed by atoms with Gasteiger partial charge in [-0.3, -0.25) is 0 Å². The summed E-state index contributed by atoms with van der Waals surface area (Å²) in [4.78, 5) is 10.8. The van der Waals surface area contributed by atoms with E-state index in [0.29, 0.717) is 18.3 Å². The van der Waals surface area contributed by atoms with E-state index in [4.69, 9.17) is 4.98 Å². The number of aromatic nitrogens is 3. The lowest BCUT2D eigenvalue weighted by molar-refractivity contribution is 0.576. The minimum atomic E-state index is -0.433. The standard InChI is InChI=1S/C15H19FN4/c1-10(2)15-17-11-9-20(8-7-12(11)19(15)3)14-6-4-5-13(16)18-14/h4-6,10H,7-9H2,1-3H3. The summed E-state index contributed by atoms with van der Waals surface area (Å²) in [6.45, 7) is 5.85. The fourth-order valence-corrected chi connectivity index (χ4v) is 2.83. The highest BCUT2D eigenvalue weighted by Gasteiger charge is 2.24. The average Bonchev–Trinajstić information content (AvgIpc) is 2.76. The molecule has 0 fully saturated rings. The quantitative estimate of drug-likeness (QED) is 0.789. The third kappa shape index (κ3) is 2.17. The minimum Gasteiger partial charge on any atom is -0.350 e. The zero-order valence-corrected chi connectivity index (χ0v) is 12.1. The SMILES string of the molecule is CC(C)c1nc2c(n1C)CCN(c1cccc(F)n1)C2. The third-order valence-corrected chi connectivity index (χ3v) is 3.83. The Balaban J connectivity index is 1.91. The molecule has 0 amide bonds. The Bertz CT molecular complexity index is 633. The predicted molar refractivity (Wildman–Crippen MR) is 76.2 cm³/mol. The monoisotopic (exact) mass is 274 g/mol. The van der Waals surface area contributed by atoms with Crippen molar-refractivity contribution in [1.29, 1.82) is 0 Å². The molecule has 0 unspecified atom stereocenters. The molecule has 1 aliphatic heterocycles. The van der Waals surface area contributed by atoms with Crippen molar-refractivity contribution in [2.24, 2.45) is 7.05 Å². The van der Waals surface area contributed by atoms with Gasteiger partial charge in [-0.15, -0.1) is 0 Å². The maximum absolute atomic E-state index is 13.2. The van der Waals surface area contributed by atoms with Crippen LogP contribution < -0.4 is 4.90 Å².